The number of anilines is 1. The van der Waals surface area contributed by atoms with Crippen LogP contribution < -0.4 is 11.5 Å². The summed E-state index contributed by atoms with van der Waals surface area (Å²) >= 11 is 0. The number of rotatable bonds is 2. The van der Waals surface area contributed by atoms with Crippen molar-refractivity contribution < 1.29 is 0 Å². The summed E-state index contributed by atoms with van der Waals surface area (Å²) in [5.41, 5.74) is 18.0. The second-order valence-electron chi connectivity index (χ2n) is 6.04. The predicted molar refractivity (Wildman–Crippen MR) is 88.3 cm³/mol. The summed E-state index contributed by atoms with van der Waals surface area (Å²) in [6.45, 7) is 3.79. The van der Waals surface area contributed by atoms with Crippen molar-refractivity contribution in [1.82, 2.24) is 4.90 Å². The zero-order valence-corrected chi connectivity index (χ0v) is 12.7. The molecule has 3 nitrogen and oxygen atoms in total. The van der Waals surface area contributed by atoms with Crippen molar-refractivity contribution in [2.45, 2.75) is 18.9 Å². The Kier molecular flexibility index (Phi) is 3.70. The van der Waals surface area contributed by atoms with E-state index in [1.807, 2.05) is 12.1 Å². The molecule has 4 N–H and O–H groups in total. The Balaban J connectivity index is 2.10. The van der Waals surface area contributed by atoms with Gasteiger partial charge in [-0.2, -0.15) is 0 Å². The molecule has 0 fully saturated rings. The van der Waals surface area contributed by atoms with Crippen LogP contribution in [0.25, 0.3) is 0 Å². The first-order valence-electron chi connectivity index (χ1n) is 7.46. The van der Waals surface area contributed by atoms with Crippen molar-refractivity contribution in [1.29, 1.82) is 0 Å². The van der Waals surface area contributed by atoms with E-state index in [1.54, 1.807) is 0 Å². The van der Waals surface area contributed by atoms with Gasteiger partial charge in [0.2, 0.25) is 0 Å². The molecule has 110 valence electrons. The van der Waals surface area contributed by atoms with Gasteiger partial charge >= 0.3 is 0 Å². The van der Waals surface area contributed by atoms with Crippen LogP contribution in [0.15, 0.2) is 42.5 Å². The Morgan fingerprint density at radius 2 is 1.81 bits per heavy atom. The normalized spacial score (nSPS) is 22.0. The second-order valence-corrected chi connectivity index (χ2v) is 6.04. The first-order chi connectivity index (χ1) is 10.1. The Bertz CT molecular complexity index is 633. The lowest BCUT2D eigenvalue weighted by Gasteiger charge is -2.39. The Hall–Kier alpha value is -1.84. The molecule has 2 aromatic carbocycles. The number of aryl methyl sites for hydroxylation is 1. The lowest BCUT2D eigenvalue weighted by Crippen LogP contribution is -2.39. The van der Waals surface area contributed by atoms with Crippen LogP contribution in [0.4, 0.5) is 5.69 Å². The summed E-state index contributed by atoms with van der Waals surface area (Å²) in [6.07, 6.45) is 0. The van der Waals surface area contributed by atoms with Crippen molar-refractivity contribution in [3.8, 4) is 0 Å². The highest BCUT2D eigenvalue weighted by Crippen LogP contribution is 2.38. The van der Waals surface area contributed by atoms with Gasteiger partial charge in [-0.1, -0.05) is 35.9 Å². The minimum atomic E-state index is 0.311. The monoisotopic (exact) mass is 281 g/mol. The van der Waals surface area contributed by atoms with Crippen LogP contribution in [0.5, 0.6) is 0 Å². The van der Waals surface area contributed by atoms with Crippen molar-refractivity contribution >= 4 is 5.69 Å². The molecule has 1 aliphatic rings. The number of likely N-dealkylation sites (N-methyl/N-ethyl adjacent to an activating group) is 1. The first-order valence-corrected chi connectivity index (χ1v) is 7.46. The number of fused-ring (bicyclic) bond motifs is 1. The largest absolute Gasteiger partial charge is 0.399 e. The van der Waals surface area contributed by atoms with E-state index in [9.17, 15) is 0 Å². The average Bonchev–Trinajstić information content (AvgIpc) is 2.48. The quantitative estimate of drug-likeness (QED) is 0.832. The molecule has 0 bridgehead atoms. The van der Waals surface area contributed by atoms with Gasteiger partial charge < -0.3 is 11.5 Å². The fourth-order valence-corrected chi connectivity index (χ4v) is 3.37. The van der Waals surface area contributed by atoms with E-state index in [0.29, 0.717) is 18.5 Å². The molecule has 0 saturated carbocycles. The fourth-order valence-electron chi connectivity index (χ4n) is 3.37. The molecule has 3 rings (SSSR count). The molecule has 0 aliphatic carbocycles. The molecule has 0 amide bonds. The zero-order chi connectivity index (χ0) is 15.0. The van der Waals surface area contributed by atoms with Gasteiger partial charge in [-0.3, -0.25) is 4.90 Å². The summed E-state index contributed by atoms with van der Waals surface area (Å²) < 4.78 is 0. The standard InChI is InChI=1S/C18H23N3/c1-12-3-8-15-16(9-12)17(11-21(2)18(15)10-19)13-4-6-14(20)7-5-13/h3-9,17-18H,10-11,19-20H2,1-2H3. The Morgan fingerprint density at radius 3 is 2.48 bits per heavy atom. The molecule has 0 radical (unpaired) electrons. The maximum atomic E-state index is 5.99. The summed E-state index contributed by atoms with van der Waals surface area (Å²) in [4.78, 5) is 2.36. The van der Waals surface area contributed by atoms with Crippen LogP contribution in [0.1, 0.15) is 34.2 Å². The van der Waals surface area contributed by atoms with Crippen LogP contribution in [-0.2, 0) is 0 Å². The van der Waals surface area contributed by atoms with Gasteiger partial charge in [0.15, 0.2) is 0 Å². The maximum Gasteiger partial charge on any atom is 0.0470 e. The number of hydrogen-bond acceptors (Lipinski definition) is 3. The van der Waals surface area contributed by atoms with Gasteiger partial charge in [0, 0.05) is 30.7 Å². The number of hydrogen-bond donors (Lipinski definition) is 2. The SMILES string of the molecule is Cc1ccc2c(c1)C(c1ccc(N)cc1)CN(C)C2CN. The lowest BCUT2D eigenvalue weighted by atomic mass is 9.81. The Labute approximate surface area is 126 Å². The molecule has 2 atom stereocenters. The van der Waals surface area contributed by atoms with Crippen LogP contribution >= 0.6 is 0 Å². The molecule has 2 aromatic rings. The van der Waals surface area contributed by atoms with Gasteiger partial charge in [0.25, 0.3) is 0 Å². The third-order valence-electron chi connectivity index (χ3n) is 4.54. The molecule has 0 aromatic heterocycles. The highest BCUT2D eigenvalue weighted by atomic mass is 15.1. The summed E-state index contributed by atoms with van der Waals surface area (Å²) in [5.74, 6) is 0.383. The van der Waals surface area contributed by atoms with E-state index in [1.165, 1.54) is 22.3 Å². The molecule has 3 heteroatoms. The molecule has 1 aliphatic heterocycles. The second kappa shape index (κ2) is 5.51. The number of benzene rings is 2. The first kappa shape index (κ1) is 14.1. The number of nitrogens with zero attached hydrogens (tertiary/aromatic N) is 1. The van der Waals surface area contributed by atoms with Gasteiger partial charge in [-0.25, -0.2) is 0 Å². The summed E-state index contributed by atoms with van der Waals surface area (Å²) in [5, 5.41) is 0. The van der Waals surface area contributed by atoms with Gasteiger partial charge in [-0.15, -0.1) is 0 Å². The topological polar surface area (TPSA) is 55.3 Å². The zero-order valence-electron chi connectivity index (χ0n) is 12.7. The van der Waals surface area contributed by atoms with Crippen LogP contribution in [0.3, 0.4) is 0 Å². The molecular weight excluding hydrogens is 258 g/mol. The predicted octanol–water partition coefficient (Wildman–Crippen LogP) is 2.65. The maximum absolute atomic E-state index is 5.99. The van der Waals surface area contributed by atoms with E-state index in [2.05, 4.69) is 49.2 Å². The molecule has 2 unspecified atom stereocenters. The molecule has 0 spiro atoms. The molecule has 1 heterocycles. The van der Waals surface area contributed by atoms with E-state index in [-0.39, 0.29) is 0 Å². The molecular formula is C18H23N3. The molecule has 21 heavy (non-hydrogen) atoms. The Morgan fingerprint density at radius 1 is 1.10 bits per heavy atom. The minimum absolute atomic E-state index is 0.311. The van der Waals surface area contributed by atoms with E-state index in [0.717, 1.165) is 12.2 Å². The van der Waals surface area contributed by atoms with Gasteiger partial charge in [-0.05, 0) is 42.8 Å². The highest BCUT2D eigenvalue weighted by molar-refractivity contribution is 5.47. The molecule has 0 saturated heterocycles. The van der Waals surface area contributed by atoms with E-state index < -0.39 is 0 Å². The van der Waals surface area contributed by atoms with Crippen molar-refractivity contribution in [3.63, 3.8) is 0 Å². The van der Waals surface area contributed by atoms with Crippen molar-refractivity contribution in [2.75, 3.05) is 25.9 Å². The van der Waals surface area contributed by atoms with E-state index in [4.69, 9.17) is 11.5 Å². The summed E-state index contributed by atoms with van der Waals surface area (Å²) in [7, 11) is 2.16. The smallest absolute Gasteiger partial charge is 0.0470 e. The van der Waals surface area contributed by atoms with Crippen molar-refractivity contribution in [3.05, 3.63) is 64.7 Å². The van der Waals surface area contributed by atoms with Crippen LogP contribution in [-0.4, -0.2) is 25.0 Å². The van der Waals surface area contributed by atoms with Crippen molar-refractivity contribution in [2.24, 2.45) is 5.73 Å². The minimum Gasteiger partial charge on any atom is -0.399 e. The summed E-state index contributed by atoms with van der Waals surface area (Å²) in [6, 6.07) is 15.3. The average molecular weight is 281 g/mol. The van der Waals surface area contributed by atoms with Crippen LogP contribution in [0, 0.1) is 6.92 Å². The highest BCUT2D eigenvalue weighted by Gasteiger charge is 2.30. The number of nitrogens with two attached hydrogens (primary N) is 2. The van der Waals surface area contributed by atoms with Gasteiger partial charge in [0.1, 0.15) is 0 Å². The lowest BCUT2D eigenvalue weighted by molar-refractivity contribution is 0.223. The third kappa shape index (κ3) is 2.55. The van der Waals surface area contributed by atoms with Gasteiger partial charge in [0.05, 0.1) is 0 Å². The number of nitrogen functional groups attached to an aromatic ring is 1. The van der Waals surface area contributed by atoms with Crippen LogP contribution in [0.2, 0.25) is 0 Å². The van der Waals surface area contributed by atoms with E-state index >= 15 is 0 Å². The third-order valence-corrected chi connectivity index (χ3v) is 4.54. The fraction of sp³-hybridized carbons (Fsp3) is 0.333.